The van der Waals surface area contributed by atoms with Gasteiger partial charge in [0.15, 0.2) is 6.29 Å². The maximum atomic E-state index is 8.64. The van der Waals surface area contributed by atoms with Gasteiger partial charge < -0.3 is 20.1 Å². The van der Waals surface area contributed by atoms with E-state index < -0.39 is 18.5 Å². The van der Waals surface area contributed by atoms with Crippen LogP contribution in [0.4, 0.5) is 0 Å². The molecule has 0 aromatic rings. The van der Waals surface area contributed by atoms with Gasteiger partial charge in [-0.05, 0) is 0 Å². The first-order valence-electron chi connectivity index (χ1n) is 2.37. The highest BCUT2D eigenvalue weighted by atomic mass is 16.6. The van der Waals surface area contributed by atoms with Gasteiger partial charge in [0.25, 0.3) is 0 Å². The predicted molar refractivity (Wildman–Crippen MR) is 24.0 cm³/mol. The molecule has 0 bridgehead atoms. The lowest BCUT2D eigenvalue weighted by atomic mass is 10.2. The van der Waals surface area contributed by atoms with Gasteiger partial charge in [0, 0.05) is 0 Å². The van der Waals surface area contributed by atoms with Crippen molar-refractivity contribution in [2.75, 3.05) is 6.61 Å². The van der Waals surface area contributed by atoms with Crippen molar-refractivity contribution in [2.24, 2.45) is 0 Å². The average Bonchev–Trinajstić information content (AvgIpc) is 1.98. The van der Waals surface area contributed by atoms with Gasteiger partial charge in [0.05, 0.1) is 6.61 Å². The Hall–Kier alpha value is -0.160. The molecule has 1 fully saturated rings. The minimum atomic E-state index is -1.20. The van der Waals surface area contributed by atoms with Gasteiger partial charge in [0.1, 0.15) is 12.2 Å². The zero-order chi connectivity index (χ0) is 6.15. The van der Waals surface area contributed by atoms with Gasteiger partial charge in [-0.15, -0.1) is 0 Å². The molecule has 0 saturated carbocycles. The standard InChI is InChI=1S/C4H8O4/c5-2-1-8-4(7)3(2)6/h2-7H,1H2/t2-,3+,4?/m0/s1. The lowest BCUT2D eigenvalue weighted by Crippen LogP contribution is -2.29. The second kappa shape index (κ2) is 1.99. The van der Waals surface area contributed by atoms with E-state index >= 15 is 0 Å². The number of hydrogen-bond donors (Lipinski definition) is 3. The third-order valence-electron chi connectivity index (χ3n) is 1.12. The van der Waals surface area contributed by atoms with Crippen molar-refractivity contribution in [3.8, 4) is 0 Å². The first-order chi connectivity index (χ1) is 3.72. The zero-order valence-electron chi connectivity index (χ0n) is 4.19. The number of hydrogen-bond acceptors (Lipinski definition) is 4. The summed E-state index contributed by atoms with van der Waals surface area (Å²) in [5.74, 6) is 0. The van der Waals surface area contributed by atoms with E-state index in [1.807, 2.05) is 0 Å². The Morgan fingerprint density at radius 1 is 1.25 bits per heavy atom. The highest BCUT2D eigenvalue weighted by Gasteiger charge is 2.32. The summed E-state index contributed by atoms with van der Waals surface area (Å²) in [6.07, 6.45) is -3.26. The van der Waals surface area contributed by atoms with Crippen LogP contribution in [-0.2, 0) is 4.74 Å². The first kappa shape index (κ1) is 5.97. The van der Waals surface area contributed by atoms with E-state index in [0.717, 1.165) is 0 Å². The van der Waals surface area contributed by atoms with Crippen molar-refractivity contribution in [3.63, 3.8) is 0 Å². The molecule has 0 radical (unpaired) electrons. The molecular weight excluding hydrogens is 112 g/mol. The van der Waals surface area contributed by atoms with Crippen LogP contribution in [0.1, 0.15) is 0 Å². The van der Waals surface area contributed by atoms with E-state index in [1.165, 1.54) is 0 Å². The van der Waals surface area contributed by atoms with E-state index in [0.29, 0.717) is 0 Å². The molecule has 4 nitrogen and oxygen atoms in total. The van der Waals surface area contributed by atoms with Gasteiger partial charge in [-0.3, -0.25) is 0 Å². The van der Waals surface area contributed by atoms with Gasteiger partial charge in [-0.1, -0.05) is 0 Å². The molecule has 1 unspecified atom stereocenters. The van der Waals surface area contributed by atoms with Crippen molar-refractivity contribution in [2.45, 2.75) is 18.5 Å². The van der Waals surface area contributed by atoms with Crippen LogP contribution in [0.3, 0.4) is 0 Å². The van der Waals surface area contributed by atoms with Crippen LogP contribution in [0.15, 0.2) is 0 Å². The van der Waals surface area contributed by atoms with Gasteiger partial charge >= 0.3 is 0 Å². The highest BCUT2D eigenvalue weighted by Crippen LogP contribution is 2.10. The molecule has 4 heteroatoms. The highest BCUT2D eigenvalue weighted by molar-refractivity contribution is 4.75. The largest absolute Gasteiger partial charge is 0.388 e. The smallest absolute Gasteiger partial charge is 0.183 e. The maximum Gasteiger partial charge on any atom is 0.183 e. The van der Waals surface area contributed by atoms with Crippen LogP contribution in [0.25, 0.3) is 0 Å². The normalized spacial score (nSPS) is 47.6. The minimum Gasteiger partial charge on any atom is -0.388 e. The van der Waals surface area contributed by atoms with E-state index in [-0.39, 0.29) is 6.61 Å². The Bertz CT molecular complexity index is 74.1. The van der Waals surface area contributed by atoms with Crippen molar-refractivity contribution >= 4 is 0 Å². The molecule has 1 aliphatic heterocycles. The second-order valence-corrected chi connectivity index (χ2v) is 1.78. The Labute approximate surface area is 46.3 Å². The lowest BCUT2D eigenvalue weighted by Gasteiger charge is -2.06. The molecule has 1 rings (SSSR count). The van der Waals surface area contributed by atoms with E-state index in [9.17, 15) is 0 Å². The van der Waals surface area contributed by atoms with Crippen molar-refractivity contribution < 1.29 is 20.1 Å². The van der Waals surface area contributed by atoms with Crippen LogP contribution in [0, 0.1) is 0 Å². The molecule has 0 aliphatic carbocycles. The van der Waals surface area contributed by atoms with Crippen molar-refractivity contribution in [3.05, 3.63) is 0 Å². The number of ether oxygens (including phenoxy) is 1. The molecule has 1 saturated heterocycles. The Kier molecular flexibility index (Phi) is 1.48. The van der Waals surface area contributed by atoms with Crippen LogP contribution < -0.4 is 0 Å². The first-order valence-corrected chi connectivity index (χ1v) is 2.37. The monoisotopic (exact) mass is 120 g/mol. The van der Waals surface area contributed by atoms with Crippen LogP contribution in [0.2, 0.25) is 0 Å². The van der Waals surface area contributed by atoms with Crippen LogP contribution in [-0.4, -0.2) is 40.4 Å². The summed E-state index contributed by atoms with van der Waals surface area (Å²) in [5.41, 5.74) is 0. The molecule has 0 spiro atoms. The lowest BCUT2D eigenvalue weighted by molar-refractivity contribution is -0.111. The third kappa shape index (κ3) is 0.830. The molecule has 3 N–H and O–H groups in total. The quantitative estimate of drug-likeness (QED) is 0.348. The summed E-state index contributed by atoms with van der Waals surface area (Å²) >= 11 is 0. The molecule has 8 heavy (non-hydrogen) atoms. The topological polar surface area (TPSA) is 69.9 Å². The summed E-state index contributed by atoms with van der Waals surface area (Å²) < 4.78 is 4.43. The summed E-state index contributed by atoms with van der Waals surface area (Å²) in [4.78, 5) is 0. The number of aliphatic hydroxyl groups excluding tert-OH is 3. The molecule has 1 aliphatic rings. The summed E-state index contributed by atoms with van der Waals surface area (Å²) in [5, 5.41) is 25.8. The predicted octanol–water partition coefficient (Wildman–Crippen LogP) is -1.94. The van der Waals surface area contributed by atoms with Gasteiger partial charge in [0.2, 0.25) is 0 Å². The molecule has 1 heterocycles. The molecular formula is C4H8O4. The van der Waals surface area contributed by atoms with Crippen LogP contribution >= 0.6 is 0 Å². The van der Waals surface area contributed by atoms with E-state index in [4.69, 9.17) is 15.3 Å². The molecule has 3 atom stereocenters. The molecule has 0 aromatic carbocycles. The minimum absolute atomic E-state index is 0.0162. The molecule has 0 amide bonds. The fraction of sp³-hybridized carbons (Fsp3) is 1.00. The van der Waals surface area contributed by atoms with Crippen LogP contribution in [0.5, 0.6) is 0 Å². The Morgan fingerprint density at radius 2 is 1.88 bits per heavy atom. The number of rotatable bonds is 0. The van der Waals surface area contributed by atoms with Gasteiger partial charge in [-0.25, -0.2) is 0 Å². The number of aliphatic hydroxyl groups is 3. The van der Waals surface area contributed by atoms with Crippen molar-refractivity contribution in [1.82, 2.24) is 0 Å². The third-order valence-corrected chi connectivity index (χ3v) is 1.12. The summed E-state index contributed by atoms with van der Waals surface area (Å²) in [7, 11) is 0. The fourth-order valence-corrected chi connectivity index (χ4v) is 0.584. The fourth-order valence-electron chi connectivity index (χ4n) is 0.584. The average molecular weight is 120 g/mol. The Morgan fingerprint density at radius 3 is 2.00 bits per heavy atom. The molecule has 48 valence electrons. The zero-order valence-corrected chi connectivity index (χ0v) is 4.19. The maximum absolute atomic E-state index is 8.64. The van der Waals surface area contributed by atoms with E-state index in [1.54, 1.807) is 0 Å². The summed E-state index contributed by atoms with van der Waals surface area (Å²) in [6.45, 7) is 0.0162. The van der Waals surface area contributed by atoms with Gasteiger partial charge in [-0.2, -0.15) is 0 Å². The van der Waals surface area contributed by atoms with Crippen molar-refractivity contribution in [1.29, 1.82) is 0 Å². The summed E-state index contributed by atoms with van der Waals surface area (Å²) in [6, 6.07) is 0. The Balaban J connectivity index is 2.44. The second-order valence-electron chi connectivity index (χ2n) is 1.78. The van der Waals surface area contributed by atoms with E-state index in [2.05, 4.69) is 4.74 Å². The molecule has 0 aromatic heterocycles. The SMILES string of the molecule is OC1OC[C@H](O)[C@H]1O.